The van der Waals surface area contributed by atoms with Gasteiger partial charge in [0.2, 0.25) is 0 Å². The lowest BCUT2D eigenvalue weighted by atomic mass is 10.1. The first-order valence-electron chi connectivity index (χ1n) is 6.28. The molecule has 0 saturated carbocycles. The van der Waals surface area contributed by atoms with Crippen LogP contribution in [-0.4, -0.2) is 11.1 Å². The Labute approximate surface area is 111 Å². The van der Waals surface area contributed by atoms with E-state index in [0.717, 1.165) is 11.1 Å². The zero-order valence-corrected chi connectivity index (χ0v) is 10.3. The van der Waals surface area contributed by atoms with E-state index in [-0.39, 0.29) is 12.1 Å². The van der Waals surface area contributed by atoms with Crippen molar-refractivity contribution >= 4 is 5.97 Å². The van der Waals surface area contributed by atoms with E-state index in [1.165, 1.54) is 0 Å². The number of rotatable bonds is 2. The van der Waals surface area contributed by atoms with Gasteiger partial charge in [-0.1, -0.05) is 42.5 Å². The summed E-state index contributed by atoms with van der Waals surface area (Å²) in [6.45, 7) is 0. The Morgan fingerprint density at radius 1 is 1.00 bits per heavy atom. The second-order valence-electron chi connectivity index (χ2n) is 4.64. The van der Waals surface area contributed by atoms with Gasteiger partial charge in [-0.25, -0.2) is 4.79 Å². The largest absolute Gasteiger partial charge is 0.454 e. The highest BCUT2D eigenvalue weighted by molar-refractivity contribution is 5.89. The number of fused-ring (bicyclic) bond motifs is 1. The van der Waals surface area contributed by atoms with Gasteiger partial charge in [0, 0.05) is 6.42 Å². The van der Waals surface area contributed by atoms with Gasteiger partial charge in [-0.05, 0) is 23.3 Å². The van der Waals surface area contributed by atoms with Crippen LogP contribution >= 0.6 is 0 Å². The average Bonchev–Trinajstić information content (AvgIpc) is 2.77. The first-order chi connectivity index (χ1) is 9.25. The fourth-order valence-electron chi connectivity index (χ4n) is 2.45. The highest BCUT2D eigenvalue weighted by Gasteiger charge is 2.32. The van der Waals surface area contributed by atoms with Gasteiger partial charge in [-0.3, -0.25) is 0 Å². The number of hydrogen-bond donors (Lipinski definition) is 1. The molecule has 0 unspecified atom stereocenters. The molecule has 1 N–H and O–H groups in total. The van der Waals surface area contributed by atoms with E-state index in [1.54, 1.807) is 24.3 Å². The van der Waals surface area contributed by atoms with Gasteiger partial charge in [-0.15, -0.1) is 0 Å². The molecule has 2 aromatic rings. The molecule has 0 fully saturated rings. The predicted molar refractivity (Wildman–Crippen MR) is 70.6 cm³/mol. The average molecular weight is 254 g/mol. The maximum atomic E-state index is 12.0. The molecule has 1 aliphatic rings. The van der Waals surface area contributed by atoms with Crippen molar-refractivity contribution < 1.29 is 14.6 Å². The molecule has 0 aliphatic heterocycles. The summed E-state index contributed by atoms with van der Waals surface area (Å²) in [7, 11) is 0. The number of esters is 1. The summed E-state index contributed by atoms with van der Waals surface area (Å²) in [6, 6.07) is 16.4. The van der Waals surface area contributed by atoms with Gasteiger partial charge >= 0.3 is 5.97 Å². The number of aliphatic hydroxyl groups excluding tert-OH is 1. The van der Waals surface area contributed by atoms with Crippen molar-refractivity contribution in [3.8, 4) is 0 Å². The minimum absolute atomic E-state index is 0.352. The Hall–Kier alpha value is -2.13. The molecule has 19 heavy (non-hydrogen) atoms. The van der Waals surface area contributed by atoms with Crippen molar-refractivity contribution in [2.24, 2.45) is 0 Å². The van der Waals surface area contributed by atoms with Crippen LogP contribution in [0.2, 0.25) is 0 Å². The molecule has 96 valence electrons. The van der Waals surface area contributed by atoms with E-state index in [2.05, 4.69) is 0 Å². The Morgan fingerprint density at radius 3 is 2.37 bits per heavy atom. The van der Waals surface area contributed by atoms with E-state index in [0.29, 0.717) is 12.0 Å². The van der Waals surface area contributed by atoms with Crippen LogP contribution in [0.3, 0.4) is 0 Å². The standard InChI is InChI=1S/C16H14O3/c17-14-10-15(13-9-5-4-8-12(13)14)19-16(18)11-6-2-1-3-7-11/h1-9,14-15,17H,10H2/t14-,15+/m1/s1. The van der Waals surface area contributed by atoms with Crippen LogP contribution in [0.15, 0.2) is 54.6 Å². The van der Waals surface area contributed by atoms with E-state index in [1.807, 2.05) is 30.3 Å². The van der Waals surface area contributed by atoms with Crippen LogP contribution in [0, 0.1) is 0 Å². The Kier molecular flexibility index (Phi) is 3.05. The molecule has 0 saturated heterocycles. The van der Waals surface area contributed by atoms with Crippen molar-refractivity contribution in [1.82, 2.24) is 0 Å². The van der Waals surface area contributed by atoms with Crippen LogP contribution in [-0.2, 0) is 4.74 Å². The highest BCUT2D eigenvalue weighted by Crippen LogP contribution is 2.40. The molecular formula is C16H14O3. The fourth-order valence-corrected chi connectivity index (χ4v) is 2.45. The number of carbonyl (C=O) groups excluding carboxylic acids is 1. The molecule has 0 bridgehead atoms. The number of carbonyl (C=O) groups is 1. The molecule has 0 spiro atoms. The van der Waals surface area contributed by atoms with Crippen molar-refractivity contribution in [3.63, 3.8) is 0 Å². The van der Waals surface area contributed by atoms with Crippen LogP contribution < -0.4 is 0 Å². The van der Waals surface area contributed by atoms with Gasteiger partial charge in [0.05, 0.1) is 11.7 Å². The monoisotopic (exact) mass is 254 g/mol. The van der Waals surface area contributed by atoms with Crippen LogP contribution in [0.5, 0.6) is 0 Å². The lowest BCUT2D eigenvalue weighted by Gasteiger charge is -2.13. The first-order valence-corrected chi connectivity index (χ1v) is 6.28. The second kappa shape index (κ2) is 4.86. The van der Waals surface area contributed by atoms with E-state index < -0.39 is 6.10 Å². The van der Waals surface area contributed by atoms with E-state index in [9.17, 15) is 9.90 Å². The quantitative estimate of drug-likeness (QED) is 0.838. The molecule has 0 heterocycles. The Balaban J connectivity index is 1.81. The molecular weight excluding hydrogens is 240 g/mol. The van der Waals surface area contributed by atoms with Crippen LogP contribution in [0.1, 0.15) is 40.1 Å². The minimum Gasteiger partial charge on any atom is -0.454 e. The smallest absolute Gasteiger partial charge is 0.338 e. The number of hydrogen-bond acceptors (Lipinski definition) is 3. The zero-order valence-electron chi connectivity index (χ0n) is 10.3. The van der Waals surface area contributed by atoms with Crippen molar-refractivity contribution in [2.45, 2.75) is 18.6 Å². The summed E-state index contributed by atoms with van der Waals surface area (Å²) in [5.74, 6) is -0.352. The molecule has 0 amide bonds. The molecule has 3 heteroatoms. The summed E-state index contributed by atoms with van der Waals surface area (Å²) in [5.41, 5.74) is 2.29. The molecule has 2 aromatic carbocycles. The lowest BCUT2D eigenvalue weighted by Crippen LogP contribution is -2.09. The number of ether oxygens (including phenoxy) is 1. The highest BCUT2D eigenvalue weighted by atomic mass is 16.5. The van der Waals surface area contributed by atoms with E-state index in [4.69, 9.17) is 4.74 Å². The topological polar surface area (TPSA) is 46.5 Å². The lowest BCUT2D eigenvalue weighted by molar-refractivity contribution is 0.0218. The third-order valence-electron chi connectivity index (χ3n) is 3.40. The molecule has 3 nitrogen and oxygen atoms in total. The molecule has 0 radical (unpaired) electrons. The van der Waals surface area contributed by atoms with Gasteiger partial charge in [0.1, 0.15) is 6.10 Å². The third-order valence-corrected chi connectivity index (χ3v) is 3.40. The zero-order chi connectivity index (χ0) is 13.2. The fraction of sp³-hybridized carbons (Fsp3) is 0.188. The Bertz CT molecular complexity index is 592. The number of aliphatic hydroxyl groups is 1. The molecule has 2 atom stereocenters. The predicted octanol–water partition coefficient (Wildman–Crippen LogP) is 3.02. The van der Waals surface area contributed by atoms with Gasteiger partial charge in [0.15, 0.2) is 0 Å². The first kappa shape index (κ1) is 11.9. The summed E-state index contributed by atoms with van der Waals surface area (Å²) in [5, 5.41) is 9.94. The minimum atomic E-state index is -0.551. The summed E-state index contributed by atoms with van der Waals surface area (Å²) < 4.78 is 5.50. The van der Waals surface area contributed by atoms with Crippen LogP contribution in [0.4, 0.5) is 0 Å². The maximum Gasteiger partial charge on any atom is 0.338 e. The van der Waals surface area contributed by atoms with Crippen molar-refractivity contribution in [2.75, 3.05) is 0 Å². The van der Waals surface area contributed by atoms with Gasteiger partial charge < -0.3 is 9.84 Å². The van der Waals surface area contributed by atoms with Gasteiger partial charge in [0.25, 0.3) is 0 Å². The maximum absolute atomic E-state index is 12.0. The second-order valence-corrected chi connectivity index (χ2v) is 4.64. The third kappa shape index (κ3) is 2.25. The van der Waals surface area contributed by atoms with E-state index >= 15 is 0 Å². The summed E-state index contributed by atoms with van der Waals surface area (Å²) in [4.78, 5) is 12.0. The molecule has 0 aromatic heterocycles. The van der Waals surface area contributed by atoms with Crippen molar-refractivity contribution in [3.05, 3.63) is 71.3 Å². The van der Waals surface area contributed by atoms with Crippen LogP contribution in [0.25, 0.3) is 0 Å². The molecule has 3 rings (SSSR count). The summed E-state index contributed by atoms with van der Waals surface area (Å²) >= 11 is 0. The normalized spacial score (nSPS) is 20.9. The van der Waals surface area contributed by atoms with Crippen molar-refractivity contribution in [1.29, 1.82) is 0 Å². The summed E-state index contributed by atoms with van der Waals surface area (Å²) in [6.07, 6.45) is -0.485. The molecule has 1 aliphatic carbocycles. The number of benzene rings is 2. The Morgan fingerprint density at radius 2 is 1.63 bits per heavy atom. The SMILES string of the molecule is O=C(O[C@H]1C[C@@H](O)c2ccccc21)c1ccccc1. The van der Waals surface area contributed by atoms with Gasteiger partial charge in [-0.2, -0.15) is 0 Å².